The van der Waals surface area contributed by atoms with Crippen LogP contribution >= 0.6 is 0 Å². The number of benzene rings is 1. The molecule has 0 saturated heterocycles. The molecule has 76 valence electrons. The second-order valence-corrected chi connectivity index (χ2v) is 4.14. The molecule has 0 saturated carbocycles. The van der Waals surface area contributed by atoms with E-state index >= 15 is 0 Å². The summed E-state index contributed by atoms with van der Waals surface area (Å²) in [6.45, 7) is 1.83. The third-order valence-electron chi connectivity index (χ3n) is 2.95. The van der Waals surface area contributed by atoms with Gasteiger partial charge < -0.3 is 5.73 Å². The molecule has 1 atom stereocenters. The summed E-state index contributed by atoms with van der Waals surface area (Å²) in [4.78, 5) is 0. The molecule has 1 unspecified atom stereocenters. The first kappa shape index (κ1) is 9.66. The molecule has 2 N–H and O–H groups in total. The maximum Gasteiger partial charge on any atom is 0.128 e. The second-order valence-electron chi connectivity index (χ2n) is 4.14. The molecule has 0 fully saturated rings. The highest BCUT2D eigenvalue weighted by Gasteiger charge is 2.14. The van der Waals surface area contributed by atoms with Crippen molar-refractivity contribution in [3.8, 4) is 0 Å². The van der Waals surface area contributed by atoms with Gasteiger partial charge in [0.2, 0.25) is 0 Å². The van der Waals surface area contributed by atoms with E-state index < -0.39 is 0 Å². The predicted octanol–water partition coefficient (Wildman–Crippen LogP) is 2.72. The molecule has 1 aliphatic carbocycles. The predicted molar refractivity (Wildman–Crippen MR) is 55.6 cm³/mol. The van der Waals surface area contributed by atoms with Crippen LogP contribution in [0.15, 0.2) is 12.1 Å². The minimum atomic E-state index is -0.206. The number of hydrogen-bond acceptors (Lipinski definition) is 1. The Bertz CT molecular complexity index is 344. The highest BCUT2D eigenvalue weighted by atomic mass is 19.1. The number of halogens is 1. The Morgan fingerprint density at radius 3 is 2.36 bits per heavy atom. The highest BCUT2D eigenvalue weighted by Crippen LogP contribution is 2.26. The van der Waals surface area contributed by atoms with Crippen LogP contribution in [0.5, 0.6) is 0 Å². The summed E-state index contributed by atoms with van der Waals surface area (Å²) in [5, 5.41) is 0. The van der Waals surface area contributed by atoms with Crippen molar-refractivity contribution < 1.29 is 4.39 Å². The van der Waals surface area contributed by atoms with Crippen LogP contribution in [0.25, 0.3) is 0 Å². The van der Waals surface area contributed by atoms with E-state index in [1.165, 1.54) is 24.0 Å². The van der Waals surface area contributed by atoms with E-state index in [1.54, 1.807) is 6.07 Å². The first-order chi connectivity index (χ1) is 6.68. The van der Waals surface area contributed by atoms with Crippen molar-refractivity contribution in [3.05, 3.63) is 34.6 Å². The minimum Gasteiger partial charge on any atom is -0.324 e. The van der Waals surface area contributed by atoms with Gasteiger partial charge in [-0.1, -0.05) is 6.07 Å². The molecule has 14 heavy (non-hydrogen) atoms. The van der Waals surface area contributed by atoms with Crippen molar-refractivity contribution in [2.45, 2.75) is 38.6 Å². The van der Waals surface area contributed by atoms with Crippen LogP contribution in [0.3, 0.4) is 0 Å². The molecule has 1 aromatic carbocycles. The molecular formula is C12H16FN. The van der Waals surface area contributed by atoms with Crippen molar-refractivity contribution in [1.29, 1.82) is 0 Å². The quantitative estimate of drug-likeness (QED) is 0.729. The average molecular weight is 193 g/mol. The Kier molecular flexibility index (Phi) is 2.55. The summed E-state index contributed by atoms with van der Waals surface area (Å²) in [6, 6.07) is 3.42. The zero-order valence-electron chi connectivity index (χ0n) is 8.52. The van der Waals surface area contributed by atoms with Crippen molar-refractivity contribution in [2.24, 2.45) is 5.73 Å². The van der Waals surface area contributed by atoms with Crippen LogP contribution in [0.4, 0.5) is 4.39 Å². The van der Waals surface area contributed by atoms with E-state index in [9.17, 15) is 4.39 Å². The smallest absolute Gasteiger partial charge is 0.128 e. The minimum absolute atomic E-state index is 0.138. The van der Waals surface area contributed by atoms with Gasteiger partial charge in [-0.3, -0.25) is 0 Å². The normalized spacial score (nSPS) is 17.6. The molecule has 2 heteroatoms. The number of hydrogen-bond donors (Lipinski definition) is 1. The summed E-state index contributed by atoms with van der Waals surface area (Å²) < 4.78 is 13.5. The van der Waals surface area contributed by atoms with E-state index in [4.69, 9.17) is 5.73 Å². The fraction of sp³-hybridized carbons (Fsp3) is 0.500. The van der Waals surface area contributed by atoms with Crippen molar-refractivity contribution in [1.82, 2.24) is 0 Å². The Labute approximate surface area is 84.1 Å². The molecule has 0 amide bonds. The molecule has 1 nitrogen and oxygen atoms in total. The van der Waals surface area contributed by atoms with Gasteiger partial charge in [0.25, 0.3) is 0 Å². The Hall–Kier alpha value is -0.890. The SMILES string of the molecule is CC(N)c1cc2c(cc1F)CCCC2. The topological polar surface area (TPSA) is 26.0 Å². The van der Waals surface area contributed by atoms with E-state index in [0.717, 1.165) is 12.8 Å². The number of nitrogens with two attached hydrogens (primary N) is 1. The highest BCUT2D eigenvalue weighted by molar-refractivity contribution is 5.36. The molecule has 0 radical (unpaired) electrons. The van der Waals surface area contributed by atoms with Crippen LogP contribution in [0, 0.1) is 5.82 Å². The van der Waals surface area contributed by atoms with Gasteiger partial charge in [0.15, 0.2) is 0 Å². The molecule has 0 spiro atoms. The zero-order valence-corrected chi connectivity index (χ0v) is 8.52. The summed E-state index contributed by atoms with van der Waals surface area (Å²) in [6.07, 6.45) is 4.50. The number of fused-ring (bicyclic) bond motifs is 1. The largest absolute Gasteiger partial charge is 0.324 e. The molecule has 0 heterocycles. The summed E-state index contributed by atoms with van der Waals surface area (Å²) >= 11 is 0. The summed E-state index contributed by atoms with van der Waals surface area (Å²) in [7, 11) is 0. The Balaban J connectivity index is 2.45. The van der Waals surface area contributed by atoms with Gasteiger partial charge in [0.1, 0.15) is 5.82 Å². The molecular weight excluding hydrogens is 177 g/mol. The van der Waals surface area contributed by atoms with Crippen molar-refractivity contribution >= 4 is 0 Å². The van der Waals surface area contributed by atoms with Crippen molar-refractivity contribution in [3.63, 3.8) is 0 Å². The Morgan fingerprint density at radius 2 is 1.79 bits per heavy atom. The van der Waals surface area contributed by atoms with E-state index in [-0.39, 0.29) is 11.9 Å². The Morgan fingerprint density at radius 1 is 1.21 bits per heavy atom. The van der Waals surface area contributed by atoms with Crippen molar-refractivity contribution in [2.75, 3.05) is 0 Å². The van der Waals surface area contributed by atoms with Gasteiger partial charge in [0.05, 0.1) is 0 Å². The third kappa shape index (κ3) is 1.67. The van der Waals surface area contributed by atoms with Gasteiger partial charge in [-0.25, -0.2) is 4.39 Å². The van der Waals surface area contributed by atoms with E-state index in [1.807, 2.05) is 13.0 Å². The maximum absolute atomic E-state index is 13.5. The summed E-state index contributed by atoms with van der Waals surface area (Å²) in [5.74, 6) is -0.138. The maximum atomic E-state index is 13.5. The standard InChI is InChI=1S/C12H16FN/c1-8(14)11-6-9-4-2-3-5-10(9)7-12(11)13/h6-8H,2-5,14H2,1H3. The van der Waals surface area contributed by atoms with Gasteiger partial charge in [-0.2, -0.15) is 0 Å². The van der Waals surface area contributed by atoms with Gasteiger partial charge in [-0.15, -0.1) is 0 Å². The van der Waals surface area contributed by atoms with Gasteiger partial charge in [0, 0.05) is 11.6 Å². The fourth-order valence-electron chi connectivity index (χ4n) is 2.12. The lowest BCUT2D eigenvalue weighted by atomic mass is 9.89. The first-order valence-electron chi connectivity index (χ1n) is 5.25. The molecule has 2 rings (SSSR count). The lowest BCUT2D eigenvalue weighted by Crippen LogP contribution is -2.11. The van der Waals surface area contributed by atoms with Gasteiger partial charge in [-0.05, 0) is 49.8 Å². The van der Waals surface area contributed by atoms with Crippen LogP contribution in [0.2, 0.25) is 0 Å². The first-order valence-corrected chi connectivity index (χ1v) is 5.25. The lowest BCUT2D eigenvalue weighted by Gasteiger charge is -2.18. The van der Waals surface area contributed by atoms with Crippen LogP contribution in [0.1, 0.15) is 42.5 Å². The average Bonchev–Trinajstić information content (AvgIpc) is 2.16. The molecule has 1 aromatic rings. The third-order valence-corrected chi connectivity index (χ3v) is 2.95. The summed E-state index contributed by atoms with van der Waals surface area (Å²) in [5.41, 5.74) is 8.84. The van der Waals surface area contributed by atoms with Crippen LogP contribution in [-0.4, -0.2) is 0 Å². The molecule has 0 aliphatic heterocycles. The lowest BCUT2D eigenvalue weighted by molar-refractivity contribution is 0.582. The molecule has 0 bridgehead atoms. The van der Waals surface area contributed by atoms with E-state index in [0.29, 0.717) is 5.56 Å². The van der Waals surface area contributed by atoms with Crippen LogP contribution < -0.4 is 5.73 Å². The fourth-order valence-corrected chi connectivity index (χ4v) is 2.12. The van der Waals surface area contributed by atoms with Gasteiger partial charge >= 0.3 is 0 Å². The number of aryl methyl sites for hydroxylation is 2. The zero-order chi connectivity index (χ0) is 10.1. The van der Waals surface area contributed by atoms with Crippen LogP contribution in [-0.2, 0) is 12.8 Å². The second kappa shape index (κ2) is 3.70. The molecule has 0 aromatic heterocycles. The number of rotatable bonds is 1. The molecule has 1 aliphatic rings. The monoisotopic (exact) mass is 193 g/mol. The van der Waals surface area contributed by atoms with E-state index in [2.05, 4.69) is 0 Å².